The van der Waals surface area contributed by atoms with Crippen molar-refractivity contribution in [1.29, 1.82) is 0 Å². The van der Waals surface area contributed by atoms with Crippen molar-refractivity contribution in [2.45, 2.75) is 43.1 Å². The van der Waals surface area contributed by atoms with E-state index in [9.17, 15) is 44.3 Å². The van der Waals surface area contributed by atoms with E-state index in [1.54, 1.807) is 4.90 Å². The zero-order chi connectivity index (χ0) is 26.9. The molecule has 36 heavy (non-hydrogen) atoms. The van der Waals surface area contributed by atoms with Gasteiger partial charge in [-0.25, -0.2) is 14.8 Å². The van der Waals surface area contributed by atoms with Crippen molar-refractivity contribution in [3.8, 4) is 0 Å². The van der Waals surface area contributed by atoms with E-state index in [0.717, 1.165) is 0 Å². The minimum Gasteiger partial charge on any atom is -0.428 e. The highest BCUT2D eigenvalue weighted by atomic mass is 19.4. The summed E-state index contributed by atoms with van der Waals surface area (Å²) >= 11 is 0. The zero-order valence-electron chi connectivity index (χ0n) is 18.7. The van der Waals surface area contributed by atoms with Gasteiger partial charge in [0.25, 0.3) is 0 Å². The highest BCUT2D eigenvalue weighted by Gasteiger charge is 2.76. The first-order valence-electron chi connectivity index (χ1n) is 10.6. The highest BCUT2D eigenvalue weighted by Crippen LogP contribution is 2.53. The SMILES string of the molecule is C[C@H]1COCCN1C[C@H]1CNCCN1c1ncc(C(OC(=O)C(F)(F)F)(C(F)(F)F)C(F)(F)F)cn1. The summed E-state index contributed by atoms with van der Waals surface area (Å²) in [6, 6.07) is -0.253. The fourth-order valence-corrected chi connectivity index (χ4v) is 4.00. The number of halogens is 9. The second kappa shape index (κ2) is 10.2. The van der Waals surface area contributed by atoms with Crippen LogP contribution < -0.4 is 10.2 Å². The molecule has 8 nitrogen and oxygen atoms in total. The molecular weight excluding hydrogens is 517 g/mol. The van der Waals surface area contributed by atoms with Gasteiger partial charge in [0.15, 0.2) is 0 Å². The molecule has 0 spiro atoms. The van der Waals surface area contributed by atoms with Crippen LogP contribution in [0.3, 0.4) is 0 Å². The maximum absolute atomic E-state index is 13.7. The van der Waals surface area contributed by atoms with Crippen LogP contribution in [-0.4, -0.2) is 97.4 Å². The Balaban J connectivity index is 1.95. The fraction of sp³-hybridized carbons (Fsp3) is 0.737. The number of aromatic nitrogens is 2. The summed E-state index contributed by atoms with van der Waals surface area (Å²) in [7, 11) is 0. The zero-order valence-corrected chi connectivity index (χ0v) is 18.7. The molecule has 0 bridgehead atoms. The van der Waals surface area contributed by atoms with Crippen LogP contribution in [0.25, 0.3) is 0 Å². The third-order valence-corrected chi connectivity index (χ3v) is 5.88. The Labute approximate surface area is 198 Å². The minimum atomic E-state index is -6.51. The van der Waals surface area contributed by atoms with E-state index in [1.807, 2.05) is 6.92 Å². The molecule has 2 saturated heterocycles. The van der Waals surface area contributed by atoms with Crippen molar-refractivity contribution in [2.75, 3.05) is 50.8 Å². The predicted molar refractivity (Wildman–Crippen MR) is 104 cm³/mol. The lowest BCUT2D eigenvalue weighted by Gasteiger charge is -2.42. The van der Waals surface area contributed by atoms with Gasteiger partial charge in [-0.15, -0.1) is 0 Å². The van der Waals surface area contributed by atoms with Crippen LogP contribution in [0.5, 0.6) is 0 Å². The lowest BCUT2D eigenvalue weighted by Crippen LogP contribution is -2.59. The van der Waals surface area contributed by atoms with Gasteiger partial charge in [-0.05, 0) is 6.92 Å². The summed E-state index contributed by atoms with van der Waals surface area (Å²) in [5.74, 6) is -3.89. The Morgan fingerprint density at radius 2 is 1.69 bits per heavy atom. The lowest BCUT2D eigenvalue weighted by molar-refractivity contribution is -0.383. The van der Waals surface area contributed by atoms with Gasteiger partial charge in [-0.1, -0.05) is 0 Å². The van der Waals surface area contributed by atoms with Crippen molar-refractivity contribution in [2.24, 2.45) is 0 Å². The number of carbonyl (C=O) groups is 1. The normalized spacial score (nSPS) is 23.0. The Hall–Kier alpha value is -2.40. The van der Waals surface area contributed by atoms with Crippen LogP contribution in [-0.2, 0) is 19.9 Å². The predicted octanol–water partition coefficient (Wildman–Crippen LogP) is 2.40. The van der Waals surface area contributed by atoms with Crippen LogP contribution in [0.15, 0.2) is 12.4 Å². The van der Waals surface area contributed by atoms with Gasteiger partial charge >= 0.3 is 30.1 Å². The molecule has 3 heterocycles. The van der Waals surface area contributed by atoms with E-state index < -0.39 is 35.7 Å². The van der Waals surface area contributed by atoms with Gasteiger partial charge in [-0.2, -0.15) is 39.5 Å². The third-order valence-electron chi connectivity index (χ3n) is 5.88. The summed E-state index contributed by atoms with van der Waals surface area (Å²) in [6.07, 6.45) is -19.0. The minimum absolute atomic E-state index is 0.0633. The summed E-state index contributed by atoms with van der Waals surface area (Å²) in [5.41, 5.74) is -7.55. The van der Waals surface area contributed by atoms with Gasteiger partial charge in [0.05, 0.1) is 24.8 Å². The molecule has 0 amide bonds. The number of morpholine rings is 1. The number of rotatable bonds is 5. The number of hydrogen-bond donors (Lipinski definition) is 1. The lowest BCUT2D eigenvalue weighted by atomic mass is 9.94. The standard InChI is InChI=1S/C19H22F9N5O3/c1-11-10-35-5-4-32(11)9-13-8-29-2-3-33(13)15-30-6-12(7-31-15)16(18(23,24)25,19(26,27)28)36-14(34)17(20,21)22/h6-7,11,13,29H,2-5,8-10H2,1H3/t11-,13+/m0/s1. The molecule has 0 aliphatic carbocycles. The molecule has 1 aromatic rings. The monoisotopic (exact) mass is 539 g/mol. The maximum Gasteiger partial charge on any atom is 0.490 e. The molecule has 0 saturated carbocycles. The molecule has 3 rings (SSSR count). The largest absolute Gasteiger partial charge is 0.490 e. The van der Waals surface area contributed by atoms with E-state index in [4.69, 9.17) is 4.74 Å². The number of anilines is 1. The number of hydrogen-bond acceptors (Lipinski definition) is 8. The number of esters is 1. The van der Waals surface area contributed by atoms with E-state index in [0.29, 0.717) is 39.4 Å². The van der Waals surface area contributed by atoms with Gasteiger partial charge in [0.1, 0.15) is 0 Å². The van der Waals surface area contributed by atoms with Crippen molar-refractivity contribution in [1.82, 2.24) is 20.2 Å². The average Bonchev–Trinajstić information content (AvgIpc) is 2.77. The fourth-order valence-electron chi connectivity index (χ4n) is 4.00. The van der Waals surface area contributed by atoms with Gasteiger partial charge < -0.3 is 19.7 Å². The first-order chi connectivity index (χ1) is 16.6. The first-order valence-corrected chi connectivity index (χ1v) is 10.6. The van der Waals surface area contributed by atoms with Gasteiger partial charge in [-0.3, -0.25) is 4.90 Å². The molecule has 17 heteroatoms. The van der Waals surface area contributed by atoms with Crippen LogP contribution in [0.1, 0.15) is 12.5 Å². The Bertz CT molecular complexity index is 894. The van der Waals surface area contributed by atoms with Crippen LogP contribution in [0.2, 0.25) is 0 Å². The maximum atomic E-state index is 13.7. The number of nitrogens with one attached hydrogen (secondary N) is 1. The van der Waals surface area contributed by atoms with E-state index in [1.165, 1.54) is 0 Å². The molecule has 2 aliphatic rings. The molecule has 1 N–H and O–H groups in total. The molecule has 204 valence electrons. The molecule has 0 radical (unpaired) electrons. The second-order valence-corrected chi connectivity index (χ2v) is 8.31. The molecular formula is C19H22F9N5O3. The van der Waals surface area contributed by atoms with E-state index >= 15 is 0 Å². The van der Waals surface area contributed by atoms with Crippen molar-refractivity contribution < 1.29 is 53.8 Å². The number of carbonyl (C=O) groups excluding carboxylic acids is 1. The van der Waals surface area contributed by atoms with Crippen molar-refractivity contribution >= 4 is 11.9 Å². The number of nitrogens with zero attached hydrogens (tertiary/aromatic N) is 4. The number of alkyl halides is 9. The molecule has 2 aliphatic heterocycles. The van der Waals surface area contributed by atoms with E-state index in [-0.39, 0.29) is 37.0 Å². The average molecular weight is 539 g/mol. The summed E-state index contributed by atoms with van der Waals surface area (Å²) in [4.78, 5) is 22.0. The summed E-state index contributed by atoms with van der Waals surface area (Å²) in [5, 5.41) is 3.13. The molecule has 2 fully saturated rings. The summed E-state index contributed by atoms with van der Waals surface area (Å²) < 4.78 is 128. The Kier molecular flexibility index (Phi) is 7.95. The second-order valence-electron chi connectivity index (χ2n) is 8.31. The van der Waals surface area contributed by atoms with E-state index in [2.05, 4.69) is 24.9 Å². The molecule has 0 aromatic carbocycles. The van der Waals surface area contributed by atoms with Crippen LogP contribution in [0, 0.1) is 0 Å². The first kappa shape index (κ1) is 28.2. The third kappa shape index (κ3) is 5.61. The van der Waals surface area contributed by atoms with Gasteiger partial charge in [0.2, 0.25) is 5.95 Å². The van der Waals surface area contributed by atoms with Crippen molar-refractivity contribution in [3.63, 3.8) is 0 Å². The quantitative estimate of drug-likeness (QED) is 0.452. The molecule has 1 aromatic heterocycles. The van der Waals surface area contributed by atoms with Crippen molar-refractivity contribution in [3.05, 3.63) is 18.0 Å². The smallest absolute Gasteiger partial charge is 0.428 e. The highest BCUT2D eigenvalue weighted by molar-refractivity contribution is 5.76. The van der Waals surface area contributed by atoms with Crippen LogP contribution in [0.4, 0.5) is 45.5 Å². The topological polar surface area (TPSA) is 79.8 Å². The molecule has 0 unspecified atom stereocenters. The Morgan fingerprint density at radius 3 is 2.22 bits per heavy atom. The Morgan fingerprint density at radius 1 is 1.08 bits per heavy atom. The van der Waals surface area contributed by atoms with Crippen LogP contribution >= 0.6 is 0 Å². The number of ether oxygens (including phenoxy) is 2. The summed E-state index contributed by atoms with van der Waals surface area (Å²) in [6.45, 7) is 5.06. The van der Waals surface area contributed by atoms with Gasteiger partial charge in [0, 0.05) is 51.2 Å². The molecule has 2 atom stereocenters. The number of piperazine rings is 1.